The molecule has 1 heterocycles. The van der Waals surface area contributed by atoms with E-state index in [-0.39, 0.29) is 12.2 Å². The van der Waals surface area contributed by atoms with Gasteiger partial charge in [0.05, 0.1) is 22.9 Å². The number of benzene rings is 1. The van der Waals surface area contributed by atoms with Crippen molar-refractivity contribution in [1.82, 2.24) is 0 Å². The van der Waals surface area contributed by atoms with Crippen molar-refractivity contribution in [1.29, 1.82) is 0 Å². The molecule has 0 radical (unpaired) electrons. The number of hydrogen-bond acceptors (Lipinski definition) is 4. The molecule has 0 spiro atoms. The van der Waals surface area contributed by atoms with Gasteiger partial charge < -0.3 is 9.84 Å². The van der Waals surface area contributed by atoms with Crippen LogP contribution in [0.4, 0.5) is 0 Å². The Morgan fingerprint density at radius 1 is 1.40 bits per heavy atom. The van der Waals surface area contributed by atoms with Gasteiger partial charge in [-0.25, -0.2) is 0 Å². The van der Waals surface area contributed by atoms with Gasteiger partial charge in [0.2, 0.25) is 0 Å². The Labute approximate surface area is 128 Å². The molecule has 0 fully saturated rings. The number of ether oxygens (including phenoxy) is 1. The van der Waals surface area contributed by atoms with Gasteiger partial charge in [0.15, 0.2) is 5.78 Å². The first kappa shape index (κ1) is 15.0. The molecule has 0 unspecified atom stereocenters. The number of thiophene rings is 1. The van der Waals surface area contributed by atoms with Gasteiger partial charge in [-0.05, 0) is 39.5 Å². The number of Topliss-reactive ketones (excluding diaryl/α,β-unsaturated/α-hetero) is 1. The Hall–Kier alpha value is -1.40. The second-order valence-electron chi connectivity index (χ2n) is 4.50. The number of fused-ring (bicyclic) bond motifs is 1. The Balaban J connectivity index is 2.36. The van der Waals surface area contributed by atoms with Crippen LogP contribution in [0.5, 0.6) is 5.75 Å². The van der Waals surface area contributed by atoms with Crippen molar-refractivity contribution in [2.75, 3.05) is 7.11 Å². The Kier molecular flexibility index (Phi) is 4.45. The third-order valence-electron chi connectivity index (χ3n) is 2.96. The van der Waals surface area contributed by atoms with E-state index in [1.807, 2.05) is 12.1 Å². The van der Waals surface area contributed by atoms with Crippen LogP contribution in [-0.4, -0.2) is 24.0 Å². The first-order valence-corrected chi connectivity index (χ1v) is 7.56. The van der Waals surface area contributed by atoms with Crippen LogP contribution in [0.15, 0.2) is 22.7 Å². The number of carboxylic acids is 1. The quantitative estimate of drug-likeness (QED) is 0.823. The third-order valence-corrected chi connectivity index (χ3v) is 4.69. The Bertz CT molecular complexity index is 677. The number of rotatable bonds is 5. The van der Waals surface area contributed by atoms with E-state index in [0.717, 1.165) is 14.6 Å². The van der Waals surface area contributed by atoms with Gasteiger partial charge in [-0.2, -0.15) is 0 Å². The predicted molar refractivity (Wildman–Crippen MR) is 81.8 cm³/mol. The van der Waals surface area contributed by atoms with Gasteiger partial charge in [-0.3, -0.25) is 9.59 Å². The summed E-state index contributed by atoms with van der Waals surface area (Å²) in [6.07, 6.45) is -0.153. The number of ketones is 1. The van der Waals surface area contributed by atoms with E-state index in [1.54, 1.807) is 20.1 Å². The fourth-order valence-electron chi connectivity index (χ4n) is 1.92. The summed E-state index contributed by atoms with van der Waals surface area (Å²) in [6.45, 7) is 1.64. The second kappa shape index (κ2) is 5.93. The fourth-order valence-corrected chi connectivity index (χ4v) is 3.57. The van der Waals surface area contributed by atoms with Crippen LogP contribution >= 0.6 is 27.3 Å². The van der Waals surface area contributed by atoms with E-state index >= 15 is 0 Å². The minimum absolute atomic E-state index is 0.135. The molecule has 0 aliphatic heterocycles. The van der Waals surface area contributed by atoms with E-state index in [4.69, 9.17) is 9.84 Å². The van der Waals surface area contributed by atoms with Crippen molar-refractivity contribution in [3.63, 3.8) is 0 Å². The Morgan fingerprint density at radius 3 is 2.70 bits per heavy atom. The summed E-state index contributed by atoms with van der Waals surface area (Å²) < 4.78 is 6.98. The highest BCUT2D eigenvalue weighted by molar-refractivity contribution is 9.10. The minimum Gasteiger partial charge on any atom is -0.496 e. The van der Waals surface area contributed by atoms with Gasteiger partial charge in [-0.1, -0.05) is 6.92 Å². The molecule has 0 amide bonds. The van der Waals surface area contributed by atoms with E-state index in [1.165, 1.54) is 11.3 Å². The van der Waals surface area contributed by atoms with Crippen LogP contribution in [0.2, 0.25) is 0 Å². The van der Waals surface area contributed by atoms with Crippen LogP contribution in [0.3, 0.4) is 0 Å². The first-order valence-electron chi connectivity index (χ1n) is 5.95. The van der Waals surface area contributed by atoms with Crippen molar-refractivity contribution >= 4 is 49.1 Å². The van der Waals surface area contributed by atoms with Crippen LogP contribution in [0.1, 0.15) is 23.0 Å². The van der Waals surface area contributed by atoms with Gasteiger partial charge in [0, 0.05) is 10.6 Å². The molecule has 0 saturated heterocycles. The normalized spacial score (nSPS) is 12.3. The number of carbonyl (C=O) groups excluding carboxylic acids is 1. The maximum Gasteiger partial charge on any atom is 0.304 e. The molecule has 2 aromatic rings. The molecule has 0 aliphatic carbocycles. The molecule has 0 aliphatic rings. The molecule has 1 atom stereocenters. The highest BCUT2D eigenvalue weighted by Crippen LogP contribution is 2.35. The molecule has 1 N–H and O–H groups in total. The topological polar surface area (TPSA) is 63.6 Å². The third kappa shape index (κ3) is 3.02. The predicted octanol–water partition coefficient (Wildman–Crippen LogP) is 3.97. The lowest BCUT2D eigenvalue weighted by Crippen LogP contribution is -2.14. The first-order chi connectivity index (χ1) is 9.42. The minimum atomic E-state index is -0.962. The Morgan fingerprint density at radius 2 is 2.10 bits per heavy atom. The second-order valence-corrected chi connectivity index (χ2v) is 6.44. The molecule has 1 aromatic carbocycles. The van der Waals surface area contributed by atoms with Crippen LogP contribution in [-0.2, 0) is 4.79 Å². The molecule has 0 saturated carbocycles. The molecule has 1 aromatic heterocycles. The lowest BCUT2D eigenvalue weighted by Gasteiger charge is -2.04. The summed E-state index contributed by atoms with van der Waals surface area (Å²) in [5.41, 5.74) is 0. The molecule has 6 heteroatoms. The zero-order chi connectivity index (χ0) is 14.9. The smallest absolute Gasteiger partial charge is 0.304 e. The van der Waals surface area contributed by atoms with Gasteiger partial charge in [0.1, 0.15) is 5.75 Å². The van der Waals surface area contributed by atoms with Crippen LogP contribution in [0, 0.1) is 5.92 Å². The number of carboxylic acid groups (broad SMARTS) is 1. The van der Waals surface area contributed by atoms with Gasteiger partial charge in [0.25, 0.3) is 0 Å². The van der Waals surface area contributed by atoms with E-state index < -0.39 is 11.9 Å². The zero-order valence-corrected chi connectivity index (χ0v) is 13.4. The van der Waals surface area contributed by atoms with Crippen LogP contribution in [0.25, 0.3) is 10.1 Å². The van der Waals surface area contributed by atoms with Crippen molar-refractivity contribution < 1.29 is 19.4 Å². The molecule has 4 nitrogen and oxygen atoms in total. The van der Waals surface area contributed by atoms with Gasteiger partial charge >= 0.3 is 5.97 Å². The average Bonchev–Trinajstić information content (AvgIpc) is 2.78. The van der Waals surface area contributed by atoms with Crippen LogP contribution < -0.4 is 4.74 Å². The highest BCUT2D eigenvalue weighted by Gasteiger charge is 2.20. The maximum atomic E-state index is 12.2. The monoisotopic (exact) mass is 356 g/mol. The molecule has 0 bridgehead atoms. The van der Waals surface area contributed by atoms with Crippen molar-refractivity contribution in [2.24, 2.45) is 5.92 Å². The molecular weight excluding hydrogens is 344 g/mol. The van der Waals surface area contributed by atoms with Crippen molar-refractivity contribution in [3.05, 3.63) is 27.5 Å². The summed E-state index contributed by atoms with van der Waals surface area (Å²) in [6, 6.07) is 5.55. The largest absolute Gasteiger partial charge is 0.496 e. The average molecular weight is 357 g/mol. The fraction of sp³-hybridized carbons (Fsp3) is 0.286. The van der Waals surface area contributed by atoms with Crippen molar-refractivity contribution in [2.45, 2.75) is 13.3 Å². The standard InChI is InChI=1S/C14H13BrO4S/c1-7(3-13(16)17)14(18)12-5-8-4-9(15)10(19-2)6-11(8)20-12/h4-7H,3H2,1-2H3,(H,16,17)/t7-/m0/s1. The van der Waals surface area contributed by atoms with Crippen molar-refractivity contribution in [3.8, 4) is 5.75 Å². The number of methoxy groups -OCH3 is 1. The van der Waals surface area contributed by atoms with E-state index in [0.29, 0.717) is 10.6 Å². The van der Waals surface area contributed by atoms with E-state index in [2.05, 4.69) is 15.9 Å². The molecule has 2 rings (SSSR count). The SMILES string of the molecule is COc1cc2sc(C(=O)[C@@H](C)CC(=O)O)cc2cc1Br. The highest BCUT2D eigenvalue weighted by atomic mass is 79.9. The lowest BCUT2D eigenvalue weighted by atomic mass is 10.0. The number of aliphatic carboxylic acids is 1. The molecule has 20 heavy (non-hydrogen) atoms. The molecule has 106 valence electrons. The number of carbonyl (C=O) groups is 2. The summed E-state index contributed by atoms with van der Waals surface area (Å²) >= 11 is 4.76. The maximum absolute atomic E-state index is 12.2. The summed E-state index contributed by atoms with van der Waals surface area (Å²) in [5.74, 6) is -0.914. The summed E-state index contributed by atoms with van der Waals surface area (Å²) in [5, 5.41) is 9.69. The molecular formula is C14H13BrO4S. The lowest BCUT2D eigenvalue weighted by molar-refractivity contribution is -0.137. The van der Waals surface area contributed by atoms with E-state index in [9.17, 15) is 9.59 Å². The van der Waals surface area contributed by atoms with Gasteiger partial charge in [-0.15, -0.1) is 11.3 Å². The summed E-state index contributed by atoms with van der Waals surface area (Å²) in [7, 11) is 1.58. The summed E-state index contributed by atoms with van der Waals surface area (Å²) in [4.78, 5) is 23.4. The number of halogens is 1. The zero-order valence-electron chi connectivity index (χ0n) is 11.0. The number of hydrogen-bond donors (Lipinski definition) is 1.